The van der Waals surface area contributed by atoms with E-state index < -0.39 is 0 Å². The van der Waals surface area contributed by atoms with Crippen LogP contribution in [0.4, 0.5) is 5.69 Å². The predicted molar refractivity (Wildman–Crippen MR) is 71.9 cm³/mol. The first-order valence-electron chi connectivity index (χ1n) is 5.40. The van der Waals surface area contributed by atoms with Gasteiger partial charge in [-0.1, -0.05) is 19.1 Å². The fourth-order valence-electron chi connectivity index (χ4n) is 1.25. The van der Waals surface area contributed by atoms with Gasteiger partial charge in [0.15, 0.2) is 0 Å². The molecular formula is C11H16N4OS. The number of thiocarbonyl (C=S) groups is 1. The average Bonchev–Trinajstić information content (AvgIpc) is 2.34. The Balaban J connectivity index is 2.57. The number of pyridine rings is 1. The Morgan fingerprint density at radius 3 is 3.00 bits per heavy atom. The van der Waals surface area contributed by atoms with Crippen LogP contribution in [0.15, 0.2) is 18.3 Å². The second-order valence-corrected chi connectivity index (χ2v) is 3.91. The van der Waals surface area contributed by atoms with E-state index in [2.05, 4.69) is 15.6 Å². The van der Waals surface area contributed by atoms with Crippen LogP contribution in [0.3, 0.4) is 0 Å². The number of aromatic nitrogens is 1. The lowest BCUT2D eigenvalue weighted by atomic mass is 10.3. The number of hydrogen-bond acceptors (Lipinski definition) is 4. The van der Waals surface area contributed by atoms with Gasteiger partial charge >= 0.3 is 0 Å². The second kappa shape index (κ2) is 6.80. The molecule has 17 heavy (non-hydrogen) atoms. The molecule has 1 aromatic rings. The number of nitrogens with two attached hydrogens (primary N) is 1. The number of carbonyl (C=O) groups excluding carboxylic acids is 1. The number of hydrogen-bond donors (Lipinski definition) is 3. The molecule has 0 unspecified atom stereocenters. The normalized spacial score (nSPS) is 9.71. The van der Waals surface area contributed by atoms with Crippen LogP contribution < -0.4 is 16.4 Å². The number of anilines is 1. The Bertz CT molecular complexity index is 408. The molecule has 1 amide bonds. The summed E-state index contributed by atoms with van der Waals surface area (Å²) in [6.07, 6.45) is 2.52. The molecule has 0 saturated carbocycles. The van der Waals surface area contributed by atoms with E-state index in [0.717, 1.165) is 6.42 Å². The van der Waals surface area contributed by atoms with E-state index in [1.165, 1.54) is 0 Å². The highest BCUT2D eigenvalue weighted by Gasteiger charge is 2.07. The molecule has 0 saturated heterocycles. The molecule has 6 heteroatoms. The van der Waals surface area contributed by atoms with Gasteiger partial charge in [0.2, 0.25) is 5.91 Å². The van der Waals surface area contributed by atoms with Crippen LogP contribution in [-0.4, -0.2) is 29.0 Å². The summed E-state index contributed by atoms with van der Waals surface area (Å²) < 4.78 is 0. The summed E-state index contributed by atoms with van der Waals surface area (Å²) in [5.74, 6) is -0.0652. The van der Waals surface area contributed by atoms with E-state index in [1.54, 1.807) is 18.3 Å². The molecule has 1 rings (SSSR count). The van der Waals surface area contributed by atoms with Crippen LogP contribution in [-0.2, 0) is 4.79 Å². The topological polar surface area (TPSA) is 80.0 Å². The van der Waals surface area contributed by atoms with Gasteiger partial charge in [-0.05, 0) is 18.6 Å². The van der Waals surface area contributed by atoms with E-state index in [-0.39, 0.29) is 17.4 Å². The SMILES string of the molecule is CCCNC(=O)CNc1cccnc1C(N)=S. The molecule has 5 nitrogen and oxygen atoms in total. The Labute approximate surface area is 106 Å². The second-order valence-electron chi connectivity index (χ2n) is 3.47. The molecule has 0 aliphatic rings. The van der Waals surface area contributed by atoms with Gasteiger partial charge in [0.25, 0.3) is 0 Å². The third-order valence-electron chi connectivity index (χ3n) is 2.05. The zero-order valence-corrected chi connectivity index (χ0v) is 10.5. The lowest BCUT2D eigenvalue weighted by molar-refractivity contribution is -0.119. The van der Waals surface area contributed by atoms with Gasteiger partial charge in [0.05, 0.1) is 12.2 Å². The number of carbonyl (C=O) groups is 1. The molecule has 0 radical (unpaired) electrons. The summed E-state index contributed by atoms with van der Waals surface area (Å²) >= 11 is 4.87. The van der Waals surface area contributed by atoms with E-state index in [4.69, 9.17) is 18.0 Å². The van der Waals surface area contributed by atoms with Crippen LogP contribution in [0.25, 0.3) is 0 Å². The van der Waals surface area contributed by atoms with E-state index in [1.807, 2.05) is 6.92 Å². The lowest BCUT2D eigenvalue weighted by Gasteiger charge is -2.09. The van der Waals surface area contributed by atoms with Gasteiger partial charge in [-0.25, -0.2) is 0 Å². The van der Waals surface area contributed by atoms with E-state index in [0.29, 0.717) is 17.9 Å². The maximum Gasteiger partial charge on any atom is 0.239 e. The zero-order chi connectivity index (χ0) is 12.7. The highest BCUT2D eigenvalue weighted by Crippen LogP contribution is 2.11. The first-order valence-corrected chi connectivity index (χ1v) is 5.81. The summed E-state index contributed by atoms with van der Waals surface area (Å²) in [6, 6.07) is 3.54. The van der Waals surface area contributed by atoms with E-state index >= 15 is 0 Å². The molecule has 0 spiro atoms. The molecular weight excluding hydrogens is 236 g/mol. The maximum atomic E-state index is 11.4. The Morgan fingerprint density at radius 1 is 1.59 bits per heavy atom. The van der Waals surface area contributed by atoms with Gasteiger partial charge in [-0.3, -0.25) is 9.78 Å². The fraction of sp³-hybridized carbons (Fsp3) is 0.364. The largest absolute Gasteiger partial charge is 0.388 e. The monoisotopic (exact) mass is 252 g/mol. The standard InChI is InChI=1S/C11H16N4OS/c1-2-5-13-9(16)7-15-8-4-3-6-14-10(8)11(12)17/h3-4,6,15H,2,5,7H2,1H3,(H2,12,17)(H,13,16). The van der Waals surface area contributed by atoms with Gasteiger partial charge in [0.1, 0.15) is 10.7 Å². The van der Waals surface area contributed by atoms with Crippen LogP contribution in [0.5, 0.6) is 0 Å². The van der Waals surface area contributed by atoms with Crippen molar-refractivity contribution in [3.8, 4) is 0 Å². The fourth-order valence-corrected chi connectivity index (χ4v) is 1.41. The zero-order valence-electron chi connectivity index (χ0n) is 9.69. The minimum atomic E-state index is -0.0652. The van der Waals surface area contributed by atoms with Crippen molar-refractivity contribution in [2.45, 2.75) is 13.3 Å². The van der Waals surface area contributed by atoms with Crippen LogP contribution in [0.1, 0.15) is 19.0 Å². The van der Waals surface area contributed by atoms with Gasteiger partial charge in [-0.15, -0.1) is 0 Å². The van der Waals surface area contributed by atoms with Crippen LogP contribution in [0, 0.1) is 0 Å². The quantitative estimate of drug-likeness (QED) is 0.648. The van der Waals surface area contributed by atoms with E-state index in [9.17, 15) is 4.79 Å². The van der Waals surface area contributed by atoms with Crippen molar-refractivity contribution in [2.75, 3.05) is 18.4 Å². The molecule has 0 bridgehead atoms. The Hall–Kier alpha value is -1.69. The van der Waals surface area contributed by atoms with Gasteiger partial charge < -0.3 is 16.4 Å². The molecule has 0 aromatic carbocycles. The summed E-state index contributed by atoms with van der Waals surface area (Å²) in [7, 11) is 0. The molecule has 0 atom stereocenters. The van der Waals surface area contributed by atoms with Gasteiger partial charge in [0, 0.05) is 12.7 Å². The minimum absolute atomic E-state index is 0.0652. The number of nitrogens with one attached hydrogen (secondary N) is 2. The molecule has 0 fully saturated rings. The first kappa shape index (κ1) is 13.4. The maximum absolute atomic E-state index is 11.4. The number of amides is 1. The number of rotatable bonds is 6. The molecule has 1 heterocycles. The van der Waals surface area contributed by atoms with Crippen molar-refractivity contribution in [1.29, 1.82) is 0 Å². The molecule has 92 valence electrons. The molecule has 4 N–H and O–H groups in total. The number of nitrogens with zero attached hydrogens (tertiary/aromatic N) is 1. The first-order chi connectivity index (χ1) is 8.15. The summed E-state index contributed by atoms with van der Waals surface area (Å²) in [4.78, 5) is 15.7. The van der Waals surface area contributed by atoms with Crippen molar-refractivity contribution >= 4 is 28.8 Å². The van der Waals surface area contributed by atoms with Gasteiger partial charge in [-0.2, -0.15) is 0 Å². The van der Waals surface area contributed by atoms with Crippen molar-refractivity contribution < 1.29 is 4.79 Å². The minimum Gasteiger partial charge on any atom is -0.388 e. The smallest absolute Gasteiger partial charge is 0.239 e. The molecule has 0 aliphatic heterocycles. The van der Waals surface area contributed by atoms with Crippen LogP contribution in [0.2, 0.25) is 0 Å². The van der Waals surface area contributed by atoms with Crippen molar-refractivity contribution in [1.82, 2.24) is 10.3 Å². The summed E-state index contributed by atoms with van der Waals surface area (Å²) in [5, 5.41) is 5.73. The van der Waals surface area contributed by atoms with Crippen molar-refractivity contribution in [2.24, 2.45) is 5.73 Å². The Kier molecular flexibility index (Phi) is 5.35. The van der Waals surface area contributed by atoms with Crippen molar-refractivity contribution in [3.63, 3.8) is 0 Å². The average molecular weight is 252 g/mol. The third-order valence-corrected chi connectivity index (χ3v) is 2.25. The third kappa shape index (κ3) is 4.36. The van der Waals surface area contributed by atoms with Crippen molar-refractivity contribution in [3.05, 3.63) is 24.0 Å². The molecule has 1 aromatic heterocycles. The van der Waals surface area contributed by atoms with Crippen LogP contribution >= 0.6 is 12.2 Å². The summed E-state index contributed by atoms with van der Waals surface area (Å²) in [6.45, 7) is 2.86. The molecule has 0 aliphatic carbocycles. The highest BCUT2D eigenvalue weighted by atomic mass is 32.1. The lowest BCUT2D eigenvalue weighted by Crippen LogP contribution is -2.30. The summed E-state index contributed by atoms with van der Waals surface area (Å²) in [5.41, 5.74) is 6.71. The predicted octanol–water partition coefficient (Wildman–Crippen LogP) is 0.654. The highest BCUT2D eigenvalue weighted by molar-refractivity contribution is 7.80. The Morgan fingerprint density at radius 2 is 2.35 bits per heavy atom.